The zero-order valence-corrected chi connectivity index (χ0v) is 10.1. The minimum Gasteiger partial charge on any atom is -0.468 e. The van der Waals surface area contributed by atoms with Crippen LogP contribution in [-0.4, -0.2) is 17.8 Å². The summed E-state index contributed by atoms with van der Waals surface area (Å²) in [6.45, 7) is 1.72. The van der Waals surface area contributed by atoms with Crippen LogP contribution in [0, 0.1) is 12.7 Å². The average Bonchev–Trinajstić information content (AvgIpc) is 3.03. The molecule has 0 saturated heterocycles. The van der Waals surface area contributed by atoms with E-state index in [1.165, 1.54) is 24.9 Å². The Morgan fingerprint density at radius 3 is 2.69 bits per heavy atom. The zero-order chi connectivity index (χ0) is 11.8. The van der Waals surface area contributed by atoms with Gasteiger partial charge in [0.2, 0.25) is 0 Å². The number of rotatable bonds is 3. The Bertz CT molecular complexity index is 427. The van der Waals surface area contributed by atoms with Crippen molar-refractivity contribution in [2.45, 2.75) is 29.4 Å². The van der Waals surface area contributed by atoms with Gasteiger partial charge in [-0.25, -0.2) is 4.39 Å². The Labute approximate surface area is 98.2 Å². The first-order valence-electron chi connectivity index (χ1n) is 5.11. The topological polar surface area (TPSA) is 26.3 Å². The fourth-order valence-corrected chi connectivity index (χ4v) is 2.85. The van der Waals surface area contributed by atoms with Gasteiger partial charge in [-0.1, -0.05) is 0 Å². The van der Waals surface area contributed by atoms with Crippen LogP contribution in [0.4, 0.5) is 4.39 Å². The summed E-state index contributed by atoms with van der Waals surface area (Å²) >= 11 is 1.47. The van der Waals surface area contributed by atoms with Crippen LogP contribution in [0.3, 0.4) is 0 Å². The Morgan fingerprint density at radius 1 is 1.50 bits per heavy atom. The van der Waals surface area contributed by atoms with Crippen molar-refractivity contribution in [3.05, 3.63) is 29.6 Å². The van der Waals surface area contributed by atoms with Gasteiger partial charge >= 0.3 is 5.97 Å². The summed E-state index contributed by atoms with van der Waals surface area (Å²) in [6.07, 6.45) is 1.67. The molecule has 1 aliphatic carbocycles. The number of hydrogen-bond acceptors (Lipinski definition) is 3. The lowest BCUT2D eigenvalue weighted by Crippen LogP contribution is -2.19. The van der Waals surface area contributed by atoms with Crippen molar-refractivity contribution in [3.63, 3.8) is 0 Å². The second kappa shape index (κ2) is 4.09. The monoisotopic (exact) mass is 240 g/mol. The zero-order valence-electron chi connectivity index (χ0n) is 9.25. The molecule has 0 unspecified atom stereocenters. The van der Waals surface area contributed by atoms with E-state index in [1.54, 1.807) is 19.1 Å². The van der Waals surface area contributed by atoms with Crippen molar-refractivity contribution in [1.82, 2.24) is 0 Å². The standard InChI is InChI=1S/C12H13FO2S/c1-8-7-9(3-4-10(8)13)16-12(5-6-12)11(14)15-2/h3-4,7H,5-6H2,1-2H3. The fraction of sp³-hybridized carbons (Fsp3) is 0.417. The Kier molecular flexibility index (Phi) is 2.93. The van der Waals surface area contributed by atoms with E-state index < -0.39 is 4.75 Å². The molecule has 0 N–H and O–H groups in total. The van der Waals surface area contributed by atoms with Gasteiger partial charge in [-0.15, -0.1) is 11.8 Å². The highest BCUT2D eigenvalue weighted by Gasteiger charge is 2.52. The molecule has 1 aromatic rings. The molecule has 4 heteroatoms. The summed E-state index contributed by atoms with van der Waals surface area (Å²) in [4.78, 5) is 12.5. The van der Waals surface area contributed by atoms with Crippen molar-refractivity contribution >= 4 is 17.7 Å². The van der Waals surface area contributed by atoms with Gasteiger partial charge in [0.25, 0.3) is 0 Å². The van der Waals surface area contributed by atoms with Crippen molar-refractivity contribution < 1.29 is 13.9 Å². The second-order valence-corrected chi connectivity index (χ2v) is 5.46. The maximum atomic E-state index is 13.1. The molecule has 0 aromatic heterocycles. The third-order valence-corrected chi connectivity index (χ3v) is 4.16. The van der Waals surface area contributed by atoms with Crippen LogP contribution in [0.2, 0.25) is 0 Å². The van der Waals surface area contributed by atoms with Crippen LogP contribution in [0.5, 0.6) is 0 Å². The average molecular weight is 240 g/mol. The number of ether oxygens (including phenoxy) is 1. The third-order valence-electron chi connectivity index (χ3n) is 2.70. The van der Waals surface area contributed by atoms with E-state index >= 15 is 0 Å². The summed E-state index contributed by atoms with van der Waals surface area (Å²) < 4.78 is 17.4. The lowest BCUT2D eigenvalue weighted by molar-refractivity contribution is -0.140. The highest BCUT2D eigenvalue weighted by molar-refractivity contribution is 8.01. The predicted octanol–water partition coefficient (Wildman–Crippen LogP) is 2.93. The quantitative estimate of drug-likeness (QED) is 0.760. The molecule has 16 heavy (non-hydrogen) atoms. The minimum atomic E-state index is -0.418. The Hall–Kier alpha value is -1.03. The maximum absolute atomic E-state index is 13.1. The number of thioether (sulfide) groups is 1. The molecule has 86 valence electrons. The highest BCUT2D eigenvalue weighted by Crippen LogP contribution is 2.52. The minimum absolute atomic E-state index is 0.181. The number of aryl methyl sites for hydroxylation is 1. The van der Waals surface area contributed by atoms with E-state index in [-0.39, 0.29) is 11.8 Å². The van der Waals surface area contributed by atoms with Gasteiger partial charge in [-0.05, 0) is 43.5 Å². The normalized spacial score (nSPS) is 16.9. The smallest absolute Gasteiger partial charge is 0.322 e. The molecular formula is C12H13FO2S. The van der Waals surface area contributed by atoms with Crippen LogP contribution in [0.25, 0.3) is 0 Å². The van der Waals surface area contributed by atoms with E-state index in [9.17, 15) is 9.18 Å². The predicted molar refractivity (Wildman–Crippen MR) is 61.0 cm³/mol. The van der Waals surface area contributed by atoms with E-state index in [4.69, 9.17) is 4.74 Å². The van der Waals surface area contributed by atoms with E-state index in [1.807, 2.05) is 0 Å². The van der Waals surface area contributed by atoms with Gasteiger partial charge < -0.3 is 4.74 Å². The SMILES string of the molecule is COC(=O)C1(Sc2ccc(F)c(C)c2)CC1. The summed E-state index contributed by atoms with van der Waals surface area (Å²) in [5.41, 5.74) is 0.602. The first-order chi connectivity index (χ1) is 7.57. The number of esters is 1. The molecule has 0 bridgehead atoms. The first-order valence-corrected chi connectivity index (χ1v) is 5.93. The lowest BCUT2D eigenvalue weighted by Gasteiger charge is -2.12. The fourth-order valence-electron chi connectivity index (χ4n) is 1.55. The number of hydrogen-bond donors (Lipinski definition) is 0. The van der Waals surface area contributed by atoms with Crippen molar-refractivity contribution in [2.24, 2.45) is 0 Å². The van der Waals surface area contributed by atoms with Gasteiger partial charge in [0, 0.05) is 4.90 Å². The molecule has 0 radical (unpaired) electrons. The van der Waals surface area contributed by atoms with Gasteiger partial charge in [-0.2, -0.15) is 0 Å². The van der Waals surface area contributed by atoms with Gasteiger partial charge in [0.05, 0.1) is 7.11 Å². The molecule has 0 aliphatic heterocycles. The largest absolute Gasteiger partial charge is 0.468 e. The molecule has 1 aliphatic rings. The Balaban J connectivity index is 2.15. The molecular weight excluding hydrogens is 227 g/mol. The van der Waals surface area contributed by atoms with E-state index in [0.29, 0.717) is 5.56 Å². The summed E-state index contributed by atoms with van der Waals surface area (Å²) in [6, 6.07) is 4.91. The number of methoxy groups -OCH3 is 1. The molecule has 2 rings (SSSR count). The van der Waals surface area contributed by atoms with Gasteiger partial charge in [0.15, 0.2) is 0 Å². The molecule has 0 amide bonds. The van der Waals surface area contributed by atoms with Crippen LogP contribution >= 0.6 is 11.8 Å². The van der Waals surface area contributed by atoms with Crippen molar-refractivity contribution in [2.75, 3.05) is 7.11 Å². The third kappa shape index (κ3) is 2.07. The number of carbonyl (C=O) groups is 1. The summed E-state index contributed by atoms with van der Waals surface area (Å²) in [7, 11) is 1.40. The van der Waals surface area contributed by atoms with Crippen molar-refractivity contribution in [3.8, 4) is 0 Å². The second-order valence-electron chi connectivity index (χ2n) is 4.00. The summed E-state index contributed by atoms with van der Waals surface area (Å²) in [5.74, 6) is -0.397. The van der Waals surface area contributed by atoms with Gasteiger partial charge in [0.1, 0.15) is 10.6 Å². The van der Waals surface area contributed by atoms with Gasteiger partial charge in [-0.3, -0.25) is 4.79 Å². The van der Waals surface area contributed by atoms with Crippen LogP contribution < -0.4 is 0 Å². The Morgan fingerprint density at radius 2 is 2.19 bits per heavy atom. The molecule has 2 nitrogen and oxygen atoms in total. The van der Waals surface area contributed by atoms with E-state index in [2.05, 4.69) is 0 Å². The summed E-state index contributed by atoms with van der Waals surface area (Å²) in [5, 5.41) is 0. The van der Waals surface area contributed by atoms with Crippen molar-refractivity contribution in [1.29, 1.82) is 0 Å². The molecule has 0 heterocycles. The number of halogens is 1. The van der Waals surface area contributed by atoms with Crippen LogP contribution in [0.1, 0.15) is 18.4 Å². The van der Waals surface area contributed by atoms with E-state index in [0.717, 1.165) is 17.7 Å². The molecule has 1 saturated carbocycles. The molecule has 1 aromatic carbocycles. The van der Waals surface area contributed by atoms with Crippen LogP contribution in [-0.2, 0) is 9.53 Å². The number of carbonyl (C=O) groups excluding carboxylic acids is 1. The molecule has 0 atom stereocenters. The first kappa shape index (κ1) is 11.5. The maximum Gasteiger partial charge on any atom is 0.322 e. The lowest BCUT2D eigenvalue weighted by atomic mass is 10.2. The highest BCUT2D eigenvalue weighted by atomic mass is 32.2. The molecule has 1 fully saturated rings. The van der Waals surface area contributed by atoms with Crippen LogP contribution in [0.15, 0.2) is 23.1 Å². The number of benzene rings is 1. The molecule has 0 spiro atoms.